The van der Waals surface area contributed by atoms with Crippen molar-refractivity contribution in [2.75, 3.05) is 39.4 Å². The molecule has 0 saturated carbocycles. The lowest BCUT2D eigenvalue weighted by Gasteiger charge is -2.34. The smallest absolute Gasteiger partial charge is 0.430 e. The number of carbonyl (C=O) groups is 5. The van der Waals surface area contributed by atoms with Gasteiger partial charge in [0.15, 0.2) is 0 Å². The minimum absolute atomic E-state index is 0.0688. The molecule has 2 aliphatic carbocycles. The van der Waals surface area contributed by atoms with Gasteiger partial charge in [-0.2, -0.15) is 0 Å². The van der Waals surface area contributed by atoms with Gasteiger partial charge in [-0.25, -0.2) is 29.8 Å². The molecule has 2 aliphatic rings. The average Bonchev–Trinajstić information content (AvgIpc) is 3.10. The molecule has 14 nitrogen and oxygen atoms in total. The molecule has 4 rings (SSSR count). The van der Waals surface area contributed by atoms with Crippen molar-refractivity contribution in [1.82, 2.24) is 31.1 Å². The summed E-state index contributed by atoms with van der Waals surface area (Å²) in [5.41, 5.74) is 7.40. The normalized spacial score (nSPS) is 11.9. The van der Waals surface area contributed by atoms with Gasteiger partial charge in [0.1, 0.15) is 18.7 Å². The van der Waals surface area contributed by atoms with Crippen molar-refractivity contribution in [1.29, 1.82) is 0 Å². The monoisotopic (exact) mass is 734 g/mol. The lowest BCUT2D eigenvalue weighted by atomic mass is 9.88. The largest absolute Gasteiger partial charge is 0.465 e. The average molecular weight is 735 g/mol. The molecule has 14 heteroatoms. The van der Waals surface area contributed by atoms with Crippen LogP contribution in [0.5, 0.6) is 0 Å². The molecule has 0 fully saturated rings. The molecule has 5 amide bonds. The Morgan fingerprint density at radius 1 is 0.906 bits per heavy atom. The van der Waals surface area contributed by atoms with Crippen molar-refractivity contribution < 1.29 is 38.2 Å². The molecule has 0 unspecified atom stereocenters. The van der Waals surface area contributed by atoms with E-state index in [1.165, 1.54) is 22.2 Å². The third-order valence-corrected chi connectivity index (χ3v) is 8.09. The van der Waals surface area contributed by atoms with Gasteiger partial charge in [0.25, 0.3) is 0 Å². The third-order valence-electron chi connectivity index (χ3n) is 8.09. The van der Waals surface area contributed by atoms with Crippen LogP contribution in [0, 0.1) is 0 Å². The Morgan fingerprint density at radius 2 is 1.62 bits per heavy atom. The van der Waals surface area contributed by atoms with Crippen LogP contribution >= 0.6 is 0 Å². The minimum Gasteiger partial charge on any atom is -0.465 e. The zero-order chi connectivity index (χ0) is 39.0. The maximum atomic E-state index is 13.3. The van der Waals surface area contributed by atoms with Gasteiger partial charge in [-0.3, -0.25) is 14.6 Å². The van der Waals surface area contributed by atoms with E-state index in [4.69, 9.17) is 14.2 Å². The Labute approximate surface area is 312 Å². The van der Waals surface area contributed by atoms with Gasteiger partial charge < -0.3 is 24.8 Å². The van der Waals surface area contributed by atoms with E-state index in [2.05, 4.69) is 42.2 Å². The van der Waals surface area contributed by atoms with Crippen molar-refractivity contribution in [3.05, 3.63) is 95.6 Å². The molecular weight excluding hydrogens is 680 g/mol. The Morgan fingerprint density at radius 3 is 2.26 bits per heavy atom. The number of hydrogen-bond donors (Lipinski definition) is 3. The molecule has 1 atom stereocenters. The number of hydrogen-bond acceptors (Lipinski definition) is 9. The number of fused-ring (bicyclic) bond motifs is 2. The van der Waals surface area contributed by atoms with Gasteiger partial charge in [0, 0.05) is 13.1 Å². The third kappa shape index (κ3) is 13.9. The molecule has 0 aliphatic heterocycles. The van der Waals surface area contributed by atoms with Gasteiger partial charge in [-0.1, -0.05) is 61.5 Å². The lowest BCUT2D eigenvalue weighted by Crippen LogP contribution is -2.56. The number of nitrogens with zero attached hydrogens (tertiary/aromatic N) is 3. The van der Waals surface area contributed by atoms with E-state index in [-0.39, 0.29) is 51.3 Å². The number of benzene rings is 2. The van der Waals surface area contributed by atoms with E-state index in [0.29, 0.717) is 13.0 Å². The zero-order valence-corrected chi connectivity index (χ0v) is 31.6. The first-order valence-electron chi connectivity index (χ1n) is 17.8. The van der Waals surface area contributed by atoms with Crippen LogP contribution in [0.2, 0.25) is 0 Å². The molecule has 2 bridgehead atoms. The Hall–Kier alpha value is -5.37. The highest BCUT2D eigenvalue weighted by atomic mass is 16.6. The van der Waals surface area contributed by atoms with E-state index in [0.717, 1.165) is 39.5 Å². The van der Waals surface area contributed by atoms with Gasteiger partial charge in [-0.05, 0) is 80.7 Å². The van der Waals surface area contributed by atoms with Crippen LogP contribution in [-0.4, -0.2) is 90.1 Å². The summed E-state index contributed by atoms with van der Waals surface area (Å²) >= 11 is 0. The Kier molecular flexibility index (Phi) is 16.4. The quantitative estimate of drug-likeness (QED) is 0.0487. The summed E-state index contributed by atoms with van der Waals surface area (Å²) < 4.78 is 15.9. The number of urea groups is 2. The van der Waals surface area contributed by atoms with E-state index in [1.807, 2.05) is 36.4 Å². The van der Waals surface area contributed by atoms with Crippen molar-refractivity contribution in [2.24, 2.45) is 0 Å². The second kappa shape index (κ2) is 20.6. The molecule has 0 spiro atoms. The first kappa shape index (κ1) is 42.0. The van der Waals surface area contributed by atoms with E-state index in [1.54, 1.807) is 33.8 Å². The molecule has 0 radical (unpaired) electrons. The molecule has 0 heterocycles. The summed E-state index contributed by atoms with van der Waals surface area (Å²) in [4.78, 5) is 63.8. The Balaban J connectivity index is 1.46. The fourth-order valence-electron chi connectivity index (χ4n) is 5.37. The van der Waals surface area contributed by atoms with Gasteiger partial charge >= 0.3 is 30.1 Å². The number of carbonyl (C=O) groups excluding carboxylic acids is 5. The Bertz CT molecular complexity index is 1600. The molecular formula is C39H54N6O8. The first-order valence-corrected chi connectivity index (χ1v) is 17.8. The van der Waals surface area contributed by atoms with E-state index >= 15 is 0 Å². The summed E-state index contributed by atoms with van der Waals surface area (Å²) in [6, 6.07) is 12.9. The topological polar surface area (TPSA) is 159 Å². The zero-order valence-electron chi connectivity index (χ0n) is 31.6. The fourth-order valence-corrected chi connectivity index (χ4v) is 5.37. The molecule has 288 valence electrons. The van der Waals surface area contributed by atoms with E-state index in [9.17, 15) is 24.0 Å². The van der Waals surface area contributed by atoms with Crippen molar-refractivity contribution >= 4 is 30.1 Å². The highest BCUT2D eigenvalue weighted by Gasteiger charge is 2.32. The van der Waals surface area contributed by atoms with Crippen LogP contribution in [0.3, 0.4) is 0 Å². The van der Waals surface area contributed by atoms with Crippen LogP contribution in [-0.2, 0) is 43.3 Å². The molecule has 2 aromatic carbocycles. The number of ether oxygens (including phenoxy) is 3. The summed E-state index contributed by atoms with van der Waals surface area (Å²) in [5.74, 6) is -1.06. The van der Waals surface area contributed by atoms with Gasteiger partial charge in [0.2, 0.25) is 0 Å². The van der Waals surface area contributed by atoms with Crippen molar-refractivity contribution in [3.63, 3.8) is 0 Å². The number of nitrogens with one attached hydrogen (secondary N) is 3. The van der Waals surface area contributed by atoms with Crippen LogP contribution < -0.4 is 16.1 Å². The molecule has 0 saturated heterocycles. The summed E-state index contributed by atoms with van der Waals surface area (Å²) in [6.07, 6.45) is 4.40. The lowest BCUT2D eigenvalue weighted by molar-refractivity contribution is -0.147. The second-order valence-corrected chi connectivity index (χ2v) is 13.6. The fraction of sp³-hybridized carbons (Fsp3) is 0.462. The van der Waals surface area contributed by atoms with Gasteiger partial charge in [-0.15, -0.1) is 13.2 Å². The highest BCUT2D eigenvalue weighted by Crippen LogP contribution is 2.25. The van der Waals surface area contributed by atoms with Crippen LogP contribution in [0.4, 0.5) is 14.4 Å². The van der Waals surface area contributed by atoms with Crippen molar-refractivity contribution in [3.8, 4) is 0 Å². The summed E-state index contributed by atoms with van der Waals surface area (Å²) in [6.45, 7) is 16.4. The molecule has 2 aromatic rings. The predicted octanol–water partition coefficient (Wildman–Crippen LogP) is 5.33. The summed E-state index contributed by atoms with van der Waals surface area (Å²) in [5, 5.41) is 8.95. The highest BCUT2D eigenvalue weighted by molar-refractivity contribution is 5.82. The second-order valence-electron chi connectivity index (χ2n) is 13.6. The number of esters is 2. The van der Waals surface area contributed by atoms with Crippen molar-refractivity contribution in [2.45, 2.75) is 78.5 Å². The number of rotatable bonds is 19. The van der Waals surface area contributed by atoms with Crippen LogP contribution in [0.25, 0.3) is 0 Å². The molecule has 3 N–H and O–H groups in total. The van der Waals surface area contributed by atoms with Crippen LogP contribution in [0.1, 0.15) is 81.2 Å². The predicted molar refractivity (Wildman–Crippen MR) is 200 cm³/mol. The molecule has 53 heavy (non-hydrogen) atoms. The van der Waals surface area contributed by atoms with Crippen LogP contribution in [0.15, 0.2) is 67.8 Å². The maximum Gasteiger partial charge on any atom is 0.430 e. The summed E-state index contributed by atoms with van der Waals surface area (Å²) in [7, 11) is 0. The first-order chi connectivity index (χ1) is 25.2. The van der Waals surface area contributed by atoms with Gasteiger partial charge in [0.05, 0.1) is 26.3 Å². The number of hydrazine groups is 2. The van der Waals surface area contributed by atoms with E-state index < -0.39 is 36.2 Å². The SMILES string of the molecule is C=CCN(NCC(=O)OCCC[C@H](C)c1cccc(CNC(=O)N(CC=C)N(CC(=O)OCC)C(=O)OC(C)(C)C)c1)C(=O)NCc1ccc2cc1C2. The maximum absolute atomic E-state index is 13.3. The molecule has 0 aromatic heterocycles. The standard InChI is InChI=1S/C39H54N6O8/c1-8-18-43(36(48)41-25-32-17-16-29-21-33(32)22-29)42-26-34(46)52-20-12-13-28(4)31-15-11-14-30(23-31)24-40-37(49)44(19-9-2)45(27-35(47)51-10-3)38(50)53-39(5,6)7/h8-9,11,14-17,21,23,28,42H,1-2,10,12-13,18-20,22,24-27H2,3-7H3,(H,40,49)(H,41,48)/t28-/m0/s1. The minimum atomic E-state index is -0.881. The number of amides is 5.